The Balaban J connectivity index is 1.95. The zero-order valence-corrected chi connectivity index (χ0v) is 13.3. The normalized spacial score (nSPS) is 25.0. The number of amides is 1. The molecule has 3 nitrogen and oxygen atoms in total. The largest absolute Gasteiger partial charge is 0.325 e. The number of anilines is 1. The molecule has 0 aromatic heterocycles. The highest BCUT2D eigenvalue weighted by Crippen LogP contribution is 2.52. The number of halogens is 2. The average Bonchev–Trinajstić information content (AvgIpc) is 2.81. The lowest BCUT2D eigenvalue weighted by molar-refractivity contribution is -0.121. The molecule has 1 aliphatic carbocycles. The predicted molar refractivity (Wildman–Crippen MR) is 89.7 cm³/mol. The first-order valence-corrected chi connectivity index (χ1v) is 7.97. The van der Waals surface area contributed by atoms with Gasteiger partial charge in [-0.3, -0.25) is 9.59 Å². The monoisotopic (exact) mass is 341 g/mol. The van der Waals surface area contributed by atoms with E-state index in [0.29, 0.717) is 16.3 Å². The smallest absolute Gasteiger partial charge is 0.239 e. The van der Waals surface area contributed by atoms with Crippen molar-refractivity contribution < 1.29 is 14.0 Å². The van der Waals surface area contributed by atoms with Gasteiger partial charge in [0.2, 0.25) is 5.91 Å². The second kappa shape index (κ2) is 5.28. The van der Waals surface area contributed by atoms with Crippen molar-refractivity contribution in [2.75, 3.05) is 5.32 Å². The Bertz CT molecular complexity index is 908. The molecule has 0 unspecified atom stereocenters. The van der Waals surface area contributed by atoms with Crippen molar-refractivity contribution in [3.63, 3.8) is 0 Å². The predicted octanol–water partition coefficient (Wildman–Crippen LogP) is 3.98. The molecule has 5 heteroatoms. The molecule has 2 aromatic carbocycles. The van der Waals surface area contributed by atoms with E-state index in [4.69, 9.17) is 11.6 Å². The van der Waals surface area contributed by atoms with Crippen LogP contribution in [0.25, 0.3) is 0 Å². The molecular formula is C19H13ClFNO2. The highest BCUT2D eigenvalue weighted by molar-refractivity contribution is 6.31. The molecule has 0 radical (unpaired) electrons. The molecule has 0 saturated heterocycles. The molecule has 0 saturated carbocycles. The summed E-state index contributed by atoms with van der Waals surface area (Å²) in [6.07, 6.45) is 3.23. The Labute approximate surface area is 143 Å². The van der Waals surface area contributed by atoms with Crippen molar-refractivity contribution >= 4 is 29.0 Å². The van der Waals surface area contributed by atoms with Crippen molar-refractivity contribution in [2.45, 2.75) is 17.8 Å². The van der Waals surface area contributed by atoms with Gasteiger partial charge in [0.15, 0.2) is 5.78 Å². The van der Waals surface area contributed by atoms with E-state index in [1.54, 1.807) is 36.4 Å². The van der Waals surface area contributed by atoms with Crippen LogP contribution in [0.3, 0.4) is 0 Å². The number of allylic oxidation sites excluding steroid dienone is 1. The van der Waals surface area contributed by atoms with Crippen LogP contribution in [0.5, 0.6) is 0 Å². The second-order valence-electron chi connectivity index (χ2n) is 6.12. The van der Waals surface area contributed by atoms with Gasteiger partial charge in [-0.25, -0.2) is 4.39 Å². The molecular weight excluding hydrogens is 329 g/mol. The molecule has 2 atom stereocenters. The number of rotatable bonds is 1. The van der Waals surface area contributed by atoms with E-state index in [1.807, 2.05) is 0 Å². The van der Waals surface area contributed by atoms with Crippen LogP contribution in [0.1, 0.15) is 23.5 Å². The number of nitrogens with one attached hydrogen (secondary N) is 1. The highest BCUT2D eigenvalue weighted by Gasteiger charge is 2.53. The van der Waals surface area contributed by atoms with E-state index in [-0.39, 0.29) is 23.9 Å². The number of ketones is 1. The standard InChI is InChI=1S/C19H13ClFNO2/c20-12-4-5-15-17(9-12)22-18(24)19(15)7-6-14(23)10-16(19)11-2-1-3-13(21)8-11/h1-9,16H,10H2,(H,22,24)/t16-,19-/m0/s1. The van der Waals surface area contributed by atoms with Crippen molar-refractivity contribution in [3.05, 3.63) is 76.6 Å². The summed E-state index contributed by atoms with van der Waals surface area (Å²) in [5, 5.41) is 3.37. The number of hydrogen-bond acceptors (Lipinski definition) is 2. The van der Waals surface area contributed by atoms with Crippen LogP contribution in [0.15, 0.2) is 54.6 Å². The Morgan fingerprint density at radius 3 is 2.79 bits per heavy atom. The zero-order chi connectivity index (χ0) is 16.9. The van der Waals surface area contributed by atoms with Crippen LogP contribution < -0.4 is 5.32 Å². The summed E-state index contributed by atoms with van der Waals surface area (Å²) in [5.41, 5.74) is 0.996. The summed E-state index contributed by atoms with van der Waals surface area (Å²) in [6, 6.07) is 11.3. The molecule has 4 rings (SSSR count). The van der Waals surface area contributed by atoms with Gasteiger partial charge < -0.3 is 5.32 Å². The van der Waals surface area contributed by atoms with Gasteiger partial charge in [0.25, 0.3) is 0 Å². The van der Waals surface area contributed by atoms with Gasteiger partial charge in [-0.2, -0.15) is 0 Å². The first-order valence-electron chi connectivity index (χ1n) is 7.60. The van der Waals surface area contributed by atoms with Gasteiger partial charge in [-0.15, -0.1) is 0 Å². The minimum absolute atomic E-state index is 0.0786. The highest BCUT2D eigenvalue weighted by atomic mass is 35.5. The quantitative estimate of drug-likeness (QED) is 0.852. The zero-order valence-electron chi connectivity index (χ0n) is 12.6. The number of hydrogen-bond donors (Lipinski definition) is 1. The Hall–Kier alpha value is -2.46. The van der Waals surface area contributed by atoms with E-state index in [0.717, 1.165) is 5.56 Å². The molecule has 1 heterocycles. The summed E-state index contributed by atoms with van der Waals surface area (Å²) in [6.45, 7) is 0. The van der Waals surface area contributed by atoms with Crippen LogP contribution in [0, 0.1) is 5.82 Å². The van der Waals surface area contributed by atoms with Gasteiger partial charge in [-0.1, -0.05) is 35.9 Å². The molecule has 2 aromatic rings. The molecule has 1 amide bonds. The summed E-state index contributed by atoms with van der Waals surface area (Å²) in [4.78, 5) is 24.9. The van der Waals surface area contributed by atoms with Crippen molar-refractivity contribution in [1.82, 2.24) is 0 Å². The number of carbonyl (C=O) groups excluding carboxylic acids is 2. The molecule has 1 aliphatic heterocycles. The van der Waals surface area contributed by atoms with Gasteiger partial charge >= 0.3 is 0 Å². The van der Waals surface area contributed by atoms with Crippen molar-refractivity contribution in [1.29, 1.82) is 0 Å². The minimum atomic E-state index is -1.03. The van der Waals surface area contributed by atoms with Crippen LogP contribution in [0.4, 0.5) is 10.1 Å². The van der Waals surface area contributed by atoms with E-state index in [2.05, 4.69) is 5.32 Å². The van der Waals surface area contributed by atoms with Crippen molar-refractivity contribution in [2.24, 2.45) is 0 Å². The maximum absolute atomic E-state index is 13.7. The molecule has 1 N–H and O–H groups in total. The SMILES string of the molecule is O=C1C=C[C@@]2(C(=O)Nc3cc(Cl)ccc32)[C@H](c2cccc(F)c2)C1. The Morgan fingerprint density at radius 2 is 2.00 bits per heavy atom. The molecule has 0 bridgehead atoms. The summed E-state index contributed by atoms with van der Waals surface area (Å²) >= 11 is 6.02. The molecule has 120 valence electrons. The molecule has 0 fully saturated rings. The van der Waals surface area contributed by atoms with E-state index < -0.39 is 11.3 Å². The van der Waals surface area contributed by atoms with Gasteiger partial charge in [0, 0.05) is 23.0 Å². The van der Waals surface area contributed by atoms with Gasteiger partial charge in [0.05, 0.1) is 0 Å². The topological polar surface area (TPSA) is 46.2 Å². The van der Waals surface area contributed by atoms with Gasteiger partial charge in [0.1, 0.15) is 11.2 Å². The van der Waals surface area contributed by atoms with Crippen LogP contribution in [-0.2, 0) is 15.0 Å². The van der Waals surface area contributed by atoms with Crippen LogP contribution >= 0.6 is 11.6 Å². The van der Waals surface area contributed by atoms with E-state index >= 15 is 0 Å². The second-order valence-corrected chi connectivity index (χ2v) is 6.56. The third-order valence-electron chi connectivity index (χ3n) is 4.79. The van der Waals surface area contributed by atoms with Crippen molar-refractivity contribution in [3.8, 4) is 0 Å². The maximum atomic E-state index is 13.7. The number of carbonyl (C=O) groups is 2. The first kappa shape index (κ1) is 15.1. The molecule has 24 heavy (non-hydrogen) atoms. The van der Waals surface area contributed by atoms with E-state index in [1.165, 1.54) is 18.2 Å². The van der Waals surface area contributed by atoms with E-state index in [9.17, 15) is 14.0 Å². The lowest BCUT2D eigenvalue weighted by Gasteiger charge is -2.36. The lowest BCUT2D eigenvalue weighted by Crippen LogP contribution is -2.42. The number of fused-ring (bicyclic) bond motifs is 2. The van der Waals surface area contributed by atoms with Gasteiger partial charge in [-0.05, 0) is 41.5 Å². The van der Waals surface area contributed by atoms with Crippen LogP contribution in [0.2, 0.25) is 5.02 Å². The Kier molecular flexibility index (Phi) is 3.32. The lowest BCUT2D eigenvalue weighted by atomic mass is 9.64. The average molecular weight is 342 g/mol. The molecule has 1 spiro atoms. The summed E-state index contributed by atoms with van der Waals surface area (Å²) in [5.74, 6) is -1.16. The fourth-order valence-corrected chi connectivity index (χ4v) is 3.89. The summed E-state index contributed by atoms with van der Waals surface area (Å²) in [7, 11) is 0. The maximum Gasteiger partial charge on any atom is 0.239 e. The third-order valence-corrected chi connectivity index (χ3v) is 5.02. The fraction of sp³-hybridized carbons (Fsp3) is 0.158. The van der Waals surface area contributed by atoms with Crippen LogP contribution in [-0.4, -0.2) is 11.7 Å². The number of benzene rings is 2. The fourth-order valence-electron chi connectivity index (χ4n) is 3.71. The first-order chi connectivity index (χ1) is 11.5. The third kappa shape index (κ3) is 2.10. The summed E-state index contributed by atoms with van der Waals surface area (Å²) < 4.78 is 13.7. The minimum Gasteiger partial charge on any atom is -0.325 e. The Morgan fingerprint density at radius 1 is 1.17 bits per heavy atom. The molecule has 2 aliphatic rings.